The Bertz CT molecular complexity index is 1220. The van der Waals surface area contributed by atoms with E-state index < -0.39 is 16.8 Å². The highest BCUT2D eigenvalue weighted by molar-refractivity contribution is 6.07. The van der Waals surface area contributed by atoms with Crippen molar-refractivity contribution in [2.75, 3.05) is 43.5 Å². The van der Waals surface area contributed by atoms with Crippen LogP contribution in [-0.2, 0) is 11.3 Å². The number of carbonyl (C=O) groups is 2. The summed E-state index contributed by atoms with van der Waals surface area (Å²) in [5.74, 6) is -1.02. The van der Waals surface area contributed by atoms with Gasteiger partial charge >= 0.3 is 5.97 Å². The number of amides is 1. The Labute approximate surface area is 203 Å². The van der Waals surface area contributed by atoms with Gasteiger partial charge in [0, 0.05) is 50.4 Å². The fourth-order valence-corrected chi connectivity index (χ4v) is 4.10. The molecule has 1 fully saturated rings. The van der Waals surface area contributed by atoms with Crippen LogP contribution in [0.4, 0.5) is 17.1 Å². The first-order valence-electron chi connectivity index (χ1n) is 11.2. The number of hydrogen-bond donors (Lipinski definition) is 1. The molecule has 1 heterocycles. The van der Waals surface area contributed by atoms with E-state index in [1.165, 1.54) is 36.9 Å². The van der Waals surface area contributed by atoms with Crippen molar-refractivity contribution in [1.82, 2.24) is 4.90 Å². The van der Waals surface area contributed by atoms with Crippen molar-refractivity contribution in [3.05, 3.63) is 99.6 Å². The quantitative estimate of drug-likeness (QED) is 0.314. The summed E-state index contributed by atoms with van der Waals surface area (Å²) in [6.45, 7) is 4.03. The second-order valence-corrected chi connectivity index (χ2v) is 8.23. The van der Waals surface area contributed by atoms with Gasteiger partial charge in [0.05, 0.1) is 29.0 Å². The minimum atomic E-state index is -0.547. The molecule has 0 atom stereocenters. The van der Waals surface area contributed by atoms with Gasteiger partial charge in [-0.25, -0.2) is 4.79 Å². The fourth-order valence-electron chi connectivity index (χ4n) is 4.10. The summed E-state index contributed by atoms with van der Waals surface area (Å²) in [5, 5.41) is 13.9. The number of rotatable bonds is 7. The Morgan fingerprint density at radius 1 is 0.943 bits per heavy atom. The first-order chi connectivity index (χ1) is 16.9. The molecular formula is C26H26N4O5. The molecule has 0 saturated carbocycles. The van der Waals surface area contributed by atoms with Gasteiger partial charge in [-0.1, -0.05) is 36.4 Å². The molecule has 0 bridgehead atoms. The smallest absolute Gasteiger partial charge is 0.337 e. The first-order valence-corrected chi connectivity index (χ1v) is 11.2. The molecule has 0 unspecified atom stereocenters. The molecule has 9 heteroatoms. The second kappa shape index (κ2) is 10.8. The van der Waals surface area contributed by atoms with Crippen molar-refractivity contribution in [2.45, 2.75) is 6.54 Å². The Kier molecular flexibility index (Phi) is 7.37. The van der Waals surface area contributed by atoms with Gasteiger partial charge in [0.25, 0.3) is 11.6 Å². The van der Waals surface area contributed by atoms with Gasteiger partial charge in [-0.2, -0.15) is 0 Å². The lowest BCUT2D eigenvalue weighted by Crippen LogP contribution is -2.46. The molecule has 0 aromatic heterocycles. The van der Waals surface area contributed by atoms with E-state index in [0.29, 0.717) is 11.3 Å². The Morgan fingerprint density at radius 2 is 1.69 bits per heavy atom. The maximum atomic E-state index is 13.0. The van der Waals surface area contributed by atoms with Crippen LogP contribution in [0, 0.1) is 10.1 Å². The predicted octanol–water partition coefficient (Wildman–Crippen LogP) is 3.96. The number of nitrogens with one attached hydrogen (secondary N) is 1. The number of benzene rings is 3. The van der Waals surface area contributed by atoms with E-state index in [-0.39, 0.29) is 11.3 Å². The van der Waals surface area contributed by atoms with Crippen molar-refractivity contribution in [3.8, 4) is 0 Å². The van der Waals surface area contributed by atoms with Gasteiger partial charge in [-0.15, -0.1) is 0 Å². The van der Waals surface area contributed by atoms with Gasteiger partial charge in [-0.3, -0.25) is 19.8 Å². The molecule has 1 saturated heterocycles. The zero-order valence-electron chi connectivity index (χ0n) is 19.3. The van der Waals surface area contributed by atoms with Gasteiger partial charge in [0.2, 0.25) is 0 Å². The maximum absolute atomic E-state index is 13.0. The molecule has 3 aromatic rings. The van der Waals surface area contributed by atoms with Crippen LogP contribution in [0.15, 0.2) is 72.8 Å². The lowest BCUT2D eigenvalue weighted by molar-refractivity contribution is -0.384. The van der Waals surface area contributed by atoms with Gasteiger partial charge in [0.1, 0.15) is 0 Å². The molecule has 1 N–H and O–H groups in total. The van der Waals surface area contributed by atoms with Crippen molar-refractivity contribution in [3.63, 3.8) is 0 Å². The highest BCUT2D eigenvalue weighted by Crippen LogP contribution is 2.30. The third-order valence-electron chi connectivity index (χ3n) is 5.95. The molecule has 0 radical (unpaired) electrons. The van der Waals surface area contributed by atoms with Crippen molar-refractivity contribution in [1.29, 1.82) is 0 Å². The molecule has 0 spiro atoms. The summed E-state index contributed by atoms with van der Waals surface area (Å²) in [5.41, 5.74) is 2.76. The topological polar surface area (TPSA) is 105 Å². The lowest BCUT2D eigenvalue weighted by atomic mass is 10.1. The molecule has 3 aromatic carbocycles. The van der Waals surface area contributed by atoms with Gasteiger partial charge in [0.15, 0.2) is 0 Å². The van der Waals surface area contributed by atoms with Crippen LogP contribution in [-0.4, -0.2) is 55.0 Å². The molecule has 9 nitrogen and oxygen atoms in total. The molecule has 1 aliphatic rings. The number of nitro benzene ring substituents is 1. The van der Waals surface area contributed by atoms with Gasteiger partial charge < -0.3 is 15.0 Å². The number of hydrogen-bond acceptors (Lipinski definition) is 7. The minimum Gasteiger partial charge on any atom is -0.465 e. The number of nitrogens with zero attached hydrogens (tertiary/aromatic N) is 3. The number of esters is 1. The van der Waals surface area contributed by atoms with Crippen molar-refractivity contribution >= 4 is 28.9 Å². The molecule has 0 aliphatic carbocycles. The van der Waals surface area contributed by atoms with Crippen LogP contribution in [0.5, 0.6) is 0 Å². The number of non-ortho nitro benzene ring substituents is 1. The Morgan fingerprint density at radius 3 is 2.37 bits per heavy atom. The molecule has 35 heavy (non-hydrogen) atoms. The largest absolute Gasteiger partial charge is 0.465 e. The zero-order valence-corrected chi connectivity index (χ0v) is 19.3. The van der Waals surface area contributed by atoms with Crippen LogP contribution in [0.1, 0.15) is 26.3 Å². The van der Waals surface area contributed by atoms with Crippen LogP contribution in [0.25, 0.3) is 0 Å². The highest BCUT2D eigenvalue weighted by Gasteiger charge is 2.22. The van der Waals surface area contributed by atoms with Crippen LogP contribution in [0.2, 0.25) is 0 Å². The molecule has 1 aliphatic heterocycles. The fraction of sp³-hybridized carbons (Fsp3) is 0.231. The van der Waals surface area contributed by atoms with E-state index >= 15 is 0 Å². The summed E-state index contributed by atoms with van der Waals surface area (Å²) in [7, 11) is 1.30. The maximum Gasteiger partial charge on any atom is 0.337 e. The Hall–Kier alpha value is -4.24. The normalized spacial score (nSPS) is 13.8. The lowest BCUT2D eigenvalue weighted by Gasteiger charge is -2.37. The SMILES string of the molecule is COC(=O)c1ccc(N2CCN(Cc3ccccc3)CC2)c(NC(=O)c2cccc([N+](=O)[O-])c2)c1. The summed E-state index contributed by atoms with van der Waals surface area (Å²) >= 11 is 0. The van der Waals surface area contributed by atoms with E-state index in [1.807, 2.05) is 18.2 Å². The average molecular weight is 475 g/mol. The highest BCUT2D eigenvalue weighted by atomic mass is 16.6. The summed E-state index contributed by atoms with van der Waals surface area (Å²) in [4.78, 5) is 40.2. The summed E-state index contributed by atoms with van der Waals surface area (Å²) in [6, 6.07) is 20.8. The number of carbonyl (C=O) groups excluding carboxylic acids is 2. The third kappa shape index (κ3) is 5.82. The van der Waals surface area contributed by atoms with Crippen LogP contribution >= 0.6 is 0 Å². The van der Waals surface area contributed by atoms with E-state index in [4.69, 9.17) is 4.74 Å². The van der Waals surface area contributed by atoms with E-state index in [1.54, 1.807) is 18.2 Å². The molecular weight excluding hydrogens is 448 g/mol. The first kappa shape index (κ1) is 23.9. The number of methoxy groups -OCH3 is 1. The third-order valence-corrected chi connectivity index (χ3v) is 5.95. The zero-order chi connectivity index (χ0) is 24.8. The summed E-state index contributed by atoms with van der Waals surface area (Å²) < 4.78 is 4.83. The average Bonchev–Trinajstić information content (AvgIpc) is 2.89. The molecule has 180 valence electrons. The van der Waals surface area contributed by atoms with Crippen molar-refractivity contribution < 1.29 is 19.2 Å². The van der Waals surface area contributed by atoms with E-state index in [9.17, 15) is 19.7 Å². The summed E-state index contributed by atoms with van der Waals surface area (Å²) in [6.07, 6.45) is 0. The minimum absolute atomic E-state index is 0.154. The number of piperazine rings is 1. The Balaban J connectivity index is 1.53. The predicted molar refractivity (Wildman–Crippen MR) is 133 cm³/mol. The second-order valence-electron chi connectivity index (χ2n) is 8.23. The number of nitro groups is 1. The monoisotopic (exact) mass is 474 g/mol. The van der Waals surface area contributed by atoms with E-state index in [0.717, 1.165) is 38.4 Å². The van der Waals surface area contributed by atoms with Crippen LogP contribution in [0.3, 0.4) is 0 Å². The van der Waals surface area contributed by atoms with Crippen molar-refractivity contribution in [2.24, 2.45) is 0 Å². The number of ether oxygens (including phenoxy) is 1. The van der Waals surface area contributed by atoms with Gasteiger partial charge in [-0.05, 0) is 29.8 Å². The molecule has 1 amide bonds. The number of anilines is 2. The van der Waals surface area contributed by atoms with Crippen LogP contribution < -0.4 is 10.2 Å². The molecule has 4 rings (SSSR count). The standard InChI is InChI=1S/C26H26N4O5/c1-35-26(32)21-10-11-24(29-14-12-28(13-15-29)18-19-6-3-2-4-7-19)23(17-21)27-25(31)20-8-5-9-22(16-20)30(33)34/h2-11,16-17H,12-15,18H2,1H3,(H,27,31). The van der Waals surface area contributed by atoms with E-state index in [2.05, 4.69) is 27.2 Å².